The number of rotatable bonds is 6. The van der Waals surface area contributed by atoms with Gasteiger partial charge in [0.1, 0.15) is 5.82 Å². The van der Waals surface area contributed by atoms with Crippen LogP contribution in [0.4, 0.5) is 4.39 Å². The molecule has 4 heteroatoms. The minimum absolute atomic E-state index is 0.0143. The number of hydrogen-bond acceptors (Lipinski definition) is 1. The molecule has 0 aliphatic rings. The van der Waals surface area contributed by atoms with Crippen molar-refractivity contribution in [2.24, 2.45) is 0 Å². The molecule has 0 saturated carbocycles. The highest BCUT2D eigenvalue weighted by molar-refractivity contribution is 9.09. The van der Waals surface area contributed by atoms with Gasteiger partial charge in [-0.15, -0.1) is 0 Å². The third-order valence-electron chi connectivity index (χ3n) is 2.27. The number of ketones is 1. The van der Waals surface area contributed by atoms with E-state index in [-0.39, 0.29) is 10.8 Å². The van der Waals surface area contributed by atoms with Crippen LogP contribution in [0.5, 0.6) is 0 Å². The molecule has 0 bridgehead atoms. The van der Waals surface area contributed by atoms with Gasteiger partial charge in [-0.3, -0.25) is 4.79 Å². The van der Waals surface area contributed by atoms with Crippen molar-refractivity contribution in [1.29, 1.82) is 0 Å². The first-order chi connectivity index (χ1) is 7.65. The van der Waals surface area contributed by atoms with Gasteiger partial charge in [-0.2, -0.15) is 0 Å². The lowest BCUT2D eigenvalue weighted by Gasteiger charge is -2.03. The normalized spacial score (nSPS) is 10.4. The van der Waals surface area contributed by atoms with Crippen molar-refractivity contribution < 1.29 is 9.18 Å². The zero-order valence-corrected chi connectivity index (χ0v) is 11.2. The monoisotopic (exact) mass is 306 g/mol. The van der Waals surface area contributed by atoms with Gasteiger partial charge in [0, 0.05) is 17.3 Å². The first-order valence-corrected chi connectivity index (χ1v) is 6.69. The van der Waals surface area contributed by atoms with E-state index in [2.05, 4.69) is 15.9 Å². The molecule has 0 fully saturated rings. The van der Waals surface area contributed by atoms with Crippen molar-refractivity contribution in [3.8, 4) is 0 Å². The number of benzene rings is 1. The summed E-state index contributed by atoms with van der Waals surface area (Å²) >= 11 is 9.13. The molecule has 0 amide bonds. The van der Waals surface area contributed by atoms with E-state index in [0.29, 0.717) is 12.0 Å². The van der Waals surface area contributed by atoms with Crippen LogP contribution in [-0.4, -0.2) is 11.1 Å². The summed E-state index contributed by atoms with van der Waals surface area (Å²) in [6, 6.07) is 3.88. The van der Waals surface area contributed by atoms with Crippen LogP contribution in [0.1, 0.15) is 36.0 Å². The second-order valence-corrected chi connectivity index (χ2v) is 4.75. The Kier molecular flexibility index (Phi) is 5.99. The predicted octanol–water partition coefficient (Wildman–Crippen LogP) is 4.62. The third-order valence-corrected chi connectivity index (χ3v) is 3.14. The van der Waals surface area contributed by atoms with Gasteiger partial charge in [-0.25, -0.2) is 4.39 Å². The lowest BCUT2D eigenvalue weighted by molar-refractivity contribution is 0.0979. The molecular formula is C12H13BrClFO. The second kappa shape index (κ2) is 7.02. The van der Waals surface area contributed by atoms with Gasteiger partial charge >= 0.3 is 0 Å². The Labute approximate surface area is 108 Å². The number of carbonyl (C=O) groups is 1. The minimum atomic E-state index is -0.416. The van der Waals surface area contributed by atoms with Crippen LogP contribution >= 0.6 is 27.5 Å². The van der Waals surface area contributed by atoms with E-state index in [0.717, 1.165) is 24.6 Å². The Bertz CT molecular complexity index is 368. The van der Waals surface area contributed by atoms with Crippen molar-refractivity contribution in [1.82, 2.24) is 0 Å². The van der Waals surface area contributed by atoms with E-state index in [9.17, 15) is 9.18 Å². The van der Waals surface area contributed by atoms with E-state index in [1.54, 1.807) is 0 Å². The van der Waals surface area contributed by atoms with E-state index < -0.39 is 5.82 Å². The molecule has 0 saturated heterocycles. The molecule has 0 spiro atoms. The van der Waals surface area contributed by atoms with Crippen LogP contribution in [-0.2, 0) is 0 Å². The first-order valence-electron chi connectivity index (χ1n) is 5.19. The summed E-state index contributed by atoms with van der Waals surface area (Å²) in [5.74, 6) is -0.430. The molecule has 0 aromatic heterocycles. The molecule has 0 aliphatic carbocycles. The van der Waals surface area contributed by atoms with Crippen LogP contribution in [0, 0.1) is 5.82 Å². The summed E-state index contributed by atoms with van der Waals surface area (Å²) in [4.78, 5) is 11.7. The van der Waals surface area contributed by atoms with Gasteiger partial charge in [0.25, 0.3) is 0 Å². The van der Waals surface area contributed by atoms with Crippen molar-refractivity contribution in [3.63, 3.8) is 0 Å². The smallest absolute Gasteiger partial charge is 0.164 e. The Morgan fingerprint density at radius 1 is 1.31 bits per heavy atom. The summed E-state index contributed by atoms with van der Waals surface area (Å²) in [6.45, 7) is 0. The maximum absolute atomic E-state index is 12.8. The lowest BCUT2D eigenvalue weighted by Crippen LogP contribution is -2.00. The van der Waals surface area contributed by atoms with E-state index in [1.807, 2.05) is 0 Å². The number of alkyl halides is 1. The Balaban J connectivity index is 2.53. The Morgan fingerprint density at radius 3 is 2.69 bits per heavy atom. The SMILES string of the molecule is O=C(CCCCCBr)c1ccc(F)cc1Cl. The summed E-state index contributed by atoms with van der Waals surface area (Å²) in [7, 11) is 0. The number of halogens is 3. The molecule has 1 aromatic carbocycles. The van der Waals surface area contributed by atoms with Crippen LogP contribution in [0.25, 0.3) is 0 Å². The first kappa shape index (κ1) is 13.7. The summed E-state index contributed by atoms with van der Waals surface area (Å²) in [5, 5.41) is 1.16. The number of hydrogen-bond donors (Lipinski definition) is 0. The lowest BCUT2D eigenvalue weighted by atomic mass is 10.0. The molecule has 88 valence electrons. The molecule has 0 atom stereocenters. The van der Waals surface area contributed by atoms with E-state index >= 15 is 0 Å². The van der Waals surface area contributed by atoms with Crippen LogP contribution in [0.2, 0.25) is 5.02 Å². The fourth-order valence-electron chi connectivity index (χ4n) is 1.41. The van der Waals surface area contributed by atoms with E-state index in [4.69, 9.17) is 11.6 Å². The average Bonchev–Trinajstić information content (AvgIpc) is 2.24. The summed E-state index contributed by atoms with van der Waals surface area (Å²) in [5.41, 5.74) is 0.418. The predicted molar refractivity (Wildman–Crippen MR) is 68.0 cm³/mol. The van der Waals surface area contributed by atoms with Crippen LogP contribution in [0.15, 0.2) is 18.2 Å². The van der Waals surface area contributed by atoms with Gasteiger partial charge in [0.05, 0.1) is 5.02 Å². The van der Waals surface area contributed by atoms with Crippen molar-refractivity contribution in [3.05, 3.63) is 34.6 Å². The minimum Gasteiger partial charge on any atom is -0.294 e. The molecule has 0 aliphatic heterocycles. The van der Waals surface area contributed by atoms with Crippen molar-refractivity contribution in [2.45, 2.75) is 25.7 Å². The highest BCUT2D eigenvalue weighted by atomic mass is 79.9. The molecule has 0 radical (unpaired) electrons. The van der Waals surface area contributed by atoms with Gasteiger partial charge < -0.3 is 0 Å². The maximum Gasteiger partial charge on any atom is 0.164 e. The highest BCUT2D eigenvalue weighted by Gasteiger charge is 2.10. The molecule has 1 aromatic rings. The van der Waals surface area contributed by atoms with Gasteiger partial charge in [-0.05, 0) is 31.0 Å². The quantitative estimate of drug-likeness (QED) is 0.426. The molecule has 0 N–H and O–H groups in total. The molecule has 16 heavy (non-hydrogen) atoms. The molecular weight excluding hydrogens is 294 g/mol. The van der Waals surface area contributed by atoms with Gasteiger partial charge in [0.2, 0.25) is 0 Å². The van der Waals surface area contributed by atoms with Crippen LogP contribution in [0.3, 0.4) is 0 Å². The number of Topliss-reactive ketones (excluding diaryl/α,β-unsaturated/α-hetero) is 1. The standard InChI is InChI=1S/C12H13BrClFO/c13-7-3-1-2-4-12(16)10-6-5-9(15)8-11(10)14/h5-6,8H,1-4,7H2. The fraction of sp³-hybridized carbons (Fsp3) is 0.417. The Morgan fingerprint density at radius 2 is 2.06 bits per heavy atom. The largest absolute Gasteiger partial charge is 0.294 e. The van der Waals surface area contributed by atoms with Crippen LogP contribution < -0.4 is 0 Å². The molecule has 1 rings (SSSR count). The topological polar surface area (TPSA) is 17.1 Å². The zero-order chi connectivity index (χ0) is 12.0. The van der Waals surface area contributed by atoms with Gasteiger partial charge in [0.15, 0.2) is 5.78 Å². The zero-order valence-electron chi connectivity index (χ0n) is 8.81. The van der Waals surface area contributed by atoms with E-state index in [1.165, 1.54) is 18.2 Å². The summed E-state index contributed by atoms with van der Waals surface area (Å²) < 4.78 is 12.8. The third kappa shape index (κ3) is 4.22. The Hall–Kier alpha value is -0.410. The van der Waals surface area contributed by atoms with Crippen molar-refractivity contribution in [2.75, 3.05) is 5.33 Å². The average molecular weight is 308 g/mol. The molecule has 1 nitrogen and oxygen atoms in total. The fourth-order valence-corrected chi connectivity index (χ4v) is 2.08. The molecule has 0 unspecified atom stereocenters. The highest BCUT2D eigenvalue weighted by Crippen LogP contribution is 2.19. The maximum atomic E-state index is 12.8. The second-order valence-electron chi connectivity index (χ2n) is 3.55. The summed E-state index contributed by atoms with van der Waals surface area (Å²) in [6.07, 6.45) is 3.39. The number of unbranched alkanes of at least 4 members (excludes halogenated alkanes) is 2. The van der Waals surface area contributed by atoms with Gasteiger partial charge in [-0.1, -0.05) is 34.0 Å². The number of carbonyl (C=O) groups excluding carboxylic acids is 1. The molecule has 0 heterocycles. The van der Waals surface area contributed by atoms with Crippen molar-refractivity contribution >= 4 is 33.3 Å².